The number of hydrogen-bond acceptors (Lipinski definition) is 3. The standard InChI is InChI=1S/C12H21N5O.HI/c1-3-13-12(17-7-5-11(18)9-17)14-8-10-4-6-15-16(10)2;/h4,6,11,18H,3,5,7-9H2,1-2H3,(H,13,14);1H/t11-;/m1./s1. The first-order valence-electron chi connectivity index (χ1n) is 6.39. The maximum atomic E-state index is 9.57. The van der Waals surface area contributed by atoms with Gasteiger partial charge in [0.05, 0.1) is 18.3 Å². The largest absolute Gasteiger partial charge is 0.391 e. The molecule has 0 spiro atoms. The van der Waals surface area contributed by atoms with E-state index < -0.39 is 0 Å². The third-order valence-corrected chi connectivity index (χ3v) is 3.11. The van der Waals surface area contributed by atoms with Crippen LogP contribution in [-0.4, -0.2) is 51.5 Å². The third-order valence-electron chi connectivity index (χ3n) is 3.11. The summed E-state index contributed by atoms with van der Waals surface area (Å²) in [4.78, 5) is 6.69. The summed E-state index contributed by atoms with van der Waals surface area (Å²) >= 11 is 0. The van der Waals surface area contributed by atoms with E-state index in [1.54, 1.807) is 6.20 Å². The highest BCUT2D eigenvalue weighted by Gasteiger charge is 2.22. The molecule has 0 radical (unpaired) electrons. The predicted octanol–water partition coefficient (Wildman–Crippen LogP) is 0.570. The smallest absolute Gasteiger partial charge is 0.194 e. The number of aromatic nitrogens is 2. The summed E-state index contributed by atoms with van der Waals surface area (Å²) in [5.74, 6) is 0.871. The number of aryl methyl sites for hydroxylation is 1. The van der Waals surface area contributed by atoms with Crippen molar-refractivity contribution in [3.8, 4) is 0 Å². The topological polar surface area (TPSA) is 65.7 Å². The average molecular weight is 379 g/mol. The highest BCUT2D eigenvalue weighted by atomic mass is 127. The molecule has 0 bridgehead atoms. The van der Waals surface area contributed by atoms with Gasteiger partial charge in [-0.05, 0) is 19.4 Å². The van der Waals surface area contributed by atoms with Crippen LogP contribution in [0.3, 0.4) is 0 Å². The van der Waals surface area contributed by atoms with E-state index in [0.29, 0.717) is 13.1 Å². The number of aliphatic imine (C=N–C) groups is 1. The van der Waals surface area contributed by atoms with Gasteiger partial charge in [0.25, 0.3) is 0 Å². The molecular weight excluding hydrogens is 357 g/mol. The molecule has 1 fully saturated rings. The number of nitrogens with zero attached hydrogens (tertiary/aromatic N) is 4. The van der Waals surface area contributed by atoms with E-state index in [1.165, 1.54) is 0 Å². The lowest BCUT2D eigenvalue weighted by atomic mass is 10.3. The Hall–Kier alpha value is -0.830. The molecule has 19 heavy (non-hydrogen) atoms. The van der Waals surface area contributed by atoms with Crippen molar-refractivity contribution in [1.29, 1.82) is 0 Å². The molecule has 1 aromatic heterocycles. The van der Waals surface area contributed by atoms with Gasteiger partial charge in [0.2, 0.25) is 0 Å². The number of nitrogens with one attached hydrogen (secondary N) is 1. The second kappa shape index (κ2) is 7.68. The average Bonchev–Trinajstić information content (AvgIpc) is 2.94. The molecule has 1 atom stereocenters. The summed E-state index contributed by atoms with van der Waals surface area (Å²) in [6, 6.07) is 1.96. The molecule has 1 aliphatic rings. The Balaban J connectivity index is 0.00000180. The van der Waals surface area contributed by atoms with Gasteiger partial charge < -0.3 is 15.3 Å². The Bertz CT molecular complexity index is 420. The van der Waals surface area contributed by atoms with Crippen LogP contribution in [0.4, 0.5) is 0 Å². The fourth-order valence-electron chi connectivity index (χ4n) is 2.07. The van der Waals surface area contributed by atoms with Crippen LogP contribution in [0.5, 0.6) is 0 Å². The highest BCUT2D eigenvalue weighted by molar-refractivity contribution is 14.0. The molecule has 1 saturated heterocycles. The number of aliphatic hydroxyl groups is 1. The number of halogens is 1. The molecule has 2 N–H and O–H groups in total. The van der Waals surface area contributed by atoms with E-state index in [1.807, 2.05) is 24.7 Å². The number of β-amino-alcohol motifs (C(OH)–C–C–N with tert-alkyl or cyclic N) is 1. The molecule has 7 heteroatoms. The quantitative estimate of drug-likeness (QED) is 0.458. The van der Waals surface area contributed by atoms with Crippen LogP contribution in [0.1, 0.15) is 19.0 Å². The van der Waals surface area contributed by atoms with Gasteiger partial charge in [-0.15, -0.1) is 24.0 Å². The summed E-state index contributed by atoms with van der Waals surface area (Å²) in [5.41, 5.74) is 1.07. The van der Waals surface area contributed by atoms with Crippen molar-refractivity contribution in [3.63, 3.8) is 0 Å². The zero-order valence-electron chi connectivity index (χ0n) is 11.4. The van der Waals surface area contributed by atoms with Crippen LogP contribution in [-0.2, 0) is 13.6 Å². The molecule has 0 aliphatic carbocycles. The summed E-state index contributed by atoms with van der Waals surface area (Å²) in [5, 5.41) is 17.0. The van der Waals surface area contributed by atoms with E-state index in [0.717, 1.165) is 31.2 Å². The van der Waals surface area contributed by atoms with Crippen LogP contribution >= 0.6 is 24.0 Å². The lowest BCUT2D eigenvalue weighted by Gasteiger charge is -2.20. The van der Waals surface area contributed by atoms with Crippen molar-refractivity contribution in [3.05, 3.63) is 18.0 Å². The molecule has 1 aromatic rings. The first kappa shape index (κ1) is 16.2. The van der Waals surface area contributed by atoms with Crippen LogP contribution < -0.4 is 5.32 Å². The number of rotatable bonds is 3. The SMILES string of the molecule is CCNC(=NCc1ccnn1C)N1CC[C@@H](O)C1.I. The summed E-state index contributed by atoms with van der Waals surface area (Å²) < 4.78 is 1.83. The van der Waals surface area contributed by atoms with Crippen LogP contribution in [0.15, 0.2) is 17.3 Å². The molecule has 0 aromatic carbocycles. The van der Waals surface area contributed by atoms with Gasteiger partial charge in [-0.1, -0.05) is 0 Å². The number of aliphatic hydroxyl groups excluding tert-OH is 1. The van der Waals surface area contributed by atoms with Gasteiger partial charge in [-0.25, -0.2) is 4.99 Å². The minimum Gasteiger partial charge on any atom is -0.391 e. The van der Waals surface area contributed by atoms with Crippen LogP contribution in [0.2, 0.25) is 0 Å². The molecular formula is C12H22IN5O. The molecule has 0 unspecified atom stereocenters. The minimum absolute atomic E-state index is 0. The van der Waals surface area contributed by atoms with E-state index >= 15 is 0 Å². The Kier molecular flexibility index (Phi) is 6.56. The van der Waals surface area contributed by atoms with Gasteiger partial charge in [-0.3, -0.25) is 4.68 Å². The monoisotopic (exact) mass is 379 g/mol. The molecule has 2 rings (SSSR count). The van der Waals surface area contributed by atoms with Crippen molar-refractivity contribution < 1.29 is 5.11 Å². The first-order chi connectivity index (χ1) is 8.70. The van der Waals surface area contributed by atoms with Gasteiger partial charge in [-0.2, -0.15) is 5.10 Å². The fraction of sp³-hybridized carbons (Fsp3) is 0.667. The van der Waals surface area contributed by atoms with Crippen LogP contribution in [0, 0.1) is 0 Å². The van der Waals surface area contributed by atoms with E-state index in [4.69, 9.17) is 0 Å². The van der Waals surface area contributed by atoms with E-state index in [-0.39, 0.29) is 30.1 Å². The van der Waals surface area contributed by atoms with Gasteiger partial charge in [0, 0.05) is 32.9 Å². The maximum Gasteiger partial charge on any atom is 0.194 e. The van der Waals surface area contributed by atoms with Gasteiger partial charge in [0.1, 0.15) is 0 Å². The Morgan fingerprint density at radius 3 is 2.95 bits per heavy atom. The molecule has 2 heterocycles. The zero-order valence-corrected chi connectivity index (χ0v) is 13.7. The van der Waals surface area contributed by atoms with Crippen LogP contribution in [0.25, 0.3) is 0 Å². The van der Waals surface area contributed by atoms with Crippen molar-refractivity contribution in [2.75, 3.05) is 19.6 Å². The second-order valence-corrected chi connectivity index (χ2v) is 4.50. The normalized spacial score (nSPS) is 19.4. The number of hydrogen-bond donors (Lipinski definition) is 2. The number of guanidine groups is 1. The highest BCUT2D eigenvalue weighted by Crippen LogP contribution is 2.09. The minimum atomic E-state index is -0.231. The second-order valence-electron chi connectivity index (χ2n) is 4.50. The van der Waals surface area contributed by atoms with Crippen molar-refractivity contribution in [1.82, 2.24) is 20.0 Å². The molecule has 6 nitrogen and oxygen atoms in total. The van der Waals surface area contributed by atoms with Crippen molar-refractivity contribution >= 4 is 29.9 Å². The summed E-state index contributed by atoms with van der Waals surface area (Å²) in [7, 11) is 1.91. The van der Waals surface area contributed by atoms with E-state index in [2.05, 4.69) is 20.3 Å². The van der Waals surface area contributed by atoms with Gasteiger partial charge in [0.15, 0.2) is 5.96 Å². The molecule has 0 amide bonds. The summed E-state index contributed by atoms with van der Waals surface area (Å²) in [6.45, 7) is 5.00. The van der Waals surface area contributed by atoms with Crippen molar-refractivity contribution in [2.45, 2.75) is 26.0 Å². The fourth-order valence-corrected chi connectivity index (χ4v) is 2.07. The zero-order chi connectivity index (χ0) is 13.0. The summed E-state index contributed by atoms with van der Waals surface area (Å²) in [6.07, 6.45) is 2.36. The molecule has 108 valence electrons. The predicted molar refractivity (Wildman–Crippen MR) is 85.6 cm³/mol. The molecule has 1 aliphatic heterocycles. The Morgan fingerprint density at radius 2 is 2.42 bits per heavy atom. The van der Waals surface area contributed by atoms with Gasteiger partial charge >= 0.3 is 0 Å². The lowest BCUT2D eigenvalue weighted by Crippen LogP contribution is -2.40. The molecule has 0 saturated carbocycles. The van der Waals surface area contributed by atoms with E-state index in [9.17, 15) is 5.11 Å². The lowest BCUT2D eigenvalue weighted by molar-refractivity contribution is 0.188. The Labute approximate surface area is 130 Å². The van der Waals surface area contributed by atoms with Crippen molar-refractivity contribution in [2.24, 2.45) is 12.0 Å². The Morgan fingerprint density at radius 1 is 1.63 bits per heavy atom. The third kappa shape index (κ3) is 4.34. The number of likely N-dealkylation sites (tertiary alicyclic amines) is 1. The first-order valence-corrected chi connectivity index (χ1v) is 6.39. The maximum absolute atomic E-state index is 9.57.